The molecule has 49 heavy (non-hydrogen) atoms. The van der Waals surface area contributed by atoms with E-state index in [-0.39, 0.29) is 55.5 Å². The number of nitrogens with two attached hydrogens (primary N) is 3. The first kappa shape index (κ1) is 37.0. The van der Waals surface area contributed by atoms with Crippen molar-refractivity contribution in [3.63, 3.8) is 0 Å². The highest BCUT2D eigenvalue weighted by Gasteiger charge is 2.54. The molecule has 5 aliphatic rings. The summed E-state index contributed by atoms with van der Waals surface area (Å²) in [4.78, 5) is 38.5. The number of amides is 1. The fraction of sp³-hybridized carbons (Fsp3) is 0.788. The standard InChI is InChI=1S/C33H55N9O7/c1-5-17(6-2)24(40-15(3)43)23-21(42-32(35)36)10-19(26(23)44)31(47)49-12-16-7-8-18(9-16)48-13-22-27(45)28(46)25(41-22)20-11-37-29-30(34)38-14-39-33(20,29)4/h11,14,16-19,21-29,37,41,44-46H,5-10,12-13H2,1-4H3,(H,40,43)(H2,34,38,39)(H4,35,36,42)/t16?,18?,19-,21+,22+,23+,24-,25-,26+,27+,28-,29?,33?/m0/s1. The quantitative estimate of drug-likeness (QED) is 0.0600. The van der Waals surface area contributed by atoms with E-state index in [0.717, 1.165) is 31.3 Å². The number of guanidine groups is 1. The van der Waals surface area contributed by atoms with Crippen LogP contribution in [0.25, 0.3) is 0 Å². The second-order valence-electron chi connectivity index (χ2n) is 14.5. The molecule has 1 amide bonds. The number of carbonyl (C=O) groups excluding carboxylic acids is 2. The summed E-state index contributed by atoms with van der Waals surface area (Å²) in [6.45, 7) is 7.77. The van der Waals surface area contributed by atoms with E-state index in [2.05, 4.69) is 30.9 Å². The molecule has 16 heteroatoms. The molecule has 12 N–H and O–H groups in total. The monoisotopic (exact) mass is 689 g/mol. The number of hydrogen-bond acceptors (Lipinski definition) is 13. The summed E-state index contributed by atoms with van der Waals surface area (Å²) in [5.41, 5.74) is 17.6. The molecule has 0 bridgehead atoms. The number of aliphatic hydroxyl groups is 3. The average Bonchev–Trinajstić information content (AvgIpc) is 3.79. The first-order valence-corrected chi connectivity index (χ1v) is 17.6. The Morgan fingerprint density at radius 1 is 1.12 bits per heavy atom. The number of amidine groups is 1. The topological polar surface area (TPSA) is 265 Å². The molecule has 0 aromatic carbocycles. The number of aliphatic imine (C=N–C) groups is 3. The van der Waals surface area contributed by atoms with Gasteiger partial charge < -0.3 is 57.9 Å². The van der Waals surface area contributed by atoms with Crippen LogP contribution in [0.4, 0.5) is 0 Å². The number of aliphatic hydroxyl groups excluding tert-OH is 3. The molecular formula is C33H55N9O7. The Balaban J connectivity index is 1.12. The van der Waals surface area contributed by atoms with E-state index in [1.165, 1.54) is 13.3 Å². The van der Waals surface area contributed by atoms with Crippen molar-refractivity contribution in [3.05, 3.63) is 11.8 Å². The van der Waals surface area contributed by atoms with Crippen molar-refractivity contribution in [3.8, 4) is 0 Å². The summed E-state index contributed by atoms with van der Waals surface area (Å²) < 4.78 is 12.0. The van der Waals surface area contributed by atoms with Gasteiger partial charge in [-0.25, -0.2) is 9.98 Å². The fourth-order valence-corrected chi connectivity index (χ4v) is 8.66. The van der Waals surface area contributed by atoms with Gasteiger partial charge in [-0.15, -0.1) is 0 Å². The van der Waals surface area contributed by atoms with Gasteiger partial charge in [0, 0.05) is 25.1 Å². The summed E-state index contributed by atoms with van der Waals surface area (Å²) in [7, 11) is 0. The molecule has 0 radical (unpaired) electrons. The minimum atomic E-state index is -1.10. The zero-order valence-corrected chi connectivity index (χ0v) is 28.9. The van der Waals surface area contributed by atoms with E-state index < -0.39 is 65.8 Å². The Morgan fingerprint density at radius 2 is 1.86 bits per heavy atom. The van der Waals surface area contributed by atoms with Gasteiger partial charge in [0.1, 0.15) is 29.9 Å². The van der Waals surface area contributed by atoms with Crippen molar-refractivity contribution in [1.29, 1.82) is 0 Å². The molecular weight excluding hydrogens is 634 g/mol. The number of nitrogens with zero attached hydrogens (tertiary/aromatic N) is 3. The van der Waals surface area contributed by atoms with Gasteiger partial charge in [-0.05, 0) is 50.0 Å². The normalized spacial score (nSPS) is 38.8. The van der Waals surface area contributed by atoms with Crippen molar-refractivity contribution in [2.75, 3.05) is 13.2 Å². The highest BCUT2D eigenvalue weighted by Crippen LogP contribution is 2.41. The number of ether oxygens (including phenoxy) is 2. The van der Waals surface area contributed by atoms with Gasteiger partial charge in [-0.2, -0.15) is 0 Å². The lowest BCUT2D eigenvalue weighted by molar-refractivity contribution is -0.153. The summed E-state index contributed by atoms with van der Waals surface area (Å²) in [6.07, 6.45) is 3.85. The molecule has 0 spiro atoms. The highest BCUT2D eigenvalue weighted by molar-refractivity contribution is 5.96. The van der Waals surface area contributed by atoms with Crippen molar-refractivity contribution in [2.45, 2.75) is 126 Å². The minimum Gasteiger partial charge on any atom is -0.465 e. The van der Waals surface area contributed by atoms with Crippen LogP contribution in [0.2, 0.25) is 0 Å². The molecule has 0 aromatic rings. The molecule has 274 valence electrons. The van der Waals surface area contributed by atoms with Crippen molar-refractivity contribution >= 4 is 30.0 Å². The van der Waals surface area contributed by atoms with Crippen LogP contribution in [0.5, 0.6) is 0 Å². The van der Waals surface area contributed by atoms with Crippen LogP contribution in [0.15, 0.2) is 26.8 Å². The number of nitrogens with one attached hydrogen (secondary N) is 3. The molecule has 13 atom stereocenters. The zero-order chi connectivity index (χ0) is 35.6. The fourth-order valence-electron chi connectivity index (χ4n) is 8.66. The molecule has 16 nitrogen and oxygen atoms in total. The van der Waals surface area contributed by atoms with Gasteiger partial charge in [0.15, 0.2) is 5.96 Å². The van der Waals surface area contributed by atoms with Gasteiger partial charge in [0.05, 0.1) is 55.6 Å². The van der Waals surface area contributed by atoms with Crippen molar-refractivity contribution in [1.82, 2.24) is 16.0 Å². The SMILES string of the molecule is CCC(CC)[C@H](NC(C)=O)[C@@H]1[C@H](O)[C@@H](C(=O)OCC2CCC(OC[C@H]3N[C@@H](C4=CNC5C(N)=NC=NC45C)[C@H](O)[C@@H]3O)C2)C[C@H]1N=C(N)N. The summed E-state index contributed by atoms with van der Waals surface area (Å²) in [5.74, 6) is -1.73. The van der Waals surface area contributed by atoms with Crippen LogP contribution >= 0.6 is 0 Å². The number of esters is 1. The molecule has 2 aliphatic carbocycles. The molecule has 3 heterocycles. The van der Waals surface area contributed by atoms with Gasteiger partial charge in [0.25, 0.3) is 0 Å². The first-order chi connectivity index (χ1) is 23.3. The maximum absolute atomic E-state index is 13.4. The molecule has 0 aromatic heterocycles. The smallest absolute Gasteiger partial charge is 0.311 e. The lowest BCUT2D eigenvalue weighted by Crippen LogP contribution is -2.55. The minimum absolute atomic E-state index is 0.0629. The summed E-state index contributed by atoms with van der Waals surface area (Å²) in [5, 5.41) is 42.8. The van der Waals surface area contributed by atoms with E-state index in [9.17, 15) is 24.9 Å². The Bertz CT molecular complexity index is 1340. The predicted octanol–water partition coefficient (Wildman–Crippen LogP) is -1.63. The van der Waals surface area contributed by atoms with Crippen LogP contribution in [-0.4, -0.2) is 119 Å². The second kappa shape index (κ2) is 15.3. The Morgan fingerprint density at radius 3 is 2.53 bits per heavy atom. The number of hydrogen-bond donors (Lipinski definition) is 9. The maximum atomic E-state index is 13.4. The summed E-state index contributed by atoms with van der Waals surface area (Å²) in [6, 6.07) is -2.34. The van der Waals surface area contributed by atoms with E-state index in [4.69, 9.17) is 26.7 Å². The van der Waals surface area contributed by atoms with Crippen molar-refractivity contribution < 1.29 is 34.4 Å². The largest absolute Gasteiger partial charge is 0.465 e. The van der Waals surface area contributed by atoms with E-state index in [1.54, 1.807) is 6.20 Å². The lowest BCUT2D eigenvalue weighted by Gasteiger charge is -2.35. The third-order valence-electron chi connectivity index (χ3n) is 11.4. The first-order valence-electron chi connectivity index (χ1n) is 17.6. The van der Waals surface area contributed by atoms with Gasteiger partial charge >= 0.3 is 5.97 Å². The van der Waals surface area contributed by atoms with Crippen LogP contribution in [0.3, 0.4) is 0 Å². The van der Waals surface area contributed by atoms with Crippen molar-refractivity contribution in [2.24, 2.45) is 55.8 Å². The average molecular weight is 690 g/mol. The van der Waals surface area contributed by atoms with Gasteiger partial charge in [-0.1, -0.05) is 26.7 Å². The Labute approximate surface area is 287 Å². The molecule has 3 aliphatic heterocycles. The van der Waals surface area contributed by atoms with Crippen LogP contribution in [-0.2, 0) is 19.1 Å². The Hall–Kier alpha value is -3.31. The number of fused-ring (bicyclic) bond motifs is 1. The number of carbonyl (C=O) groups is 2. The molecule has 5 rings (SSSR count). The molecule has 2 saturated carbocycles. The highest BCUT2D eigenvalue weighted by atomic mass is 16.5. The molecule has 1 saturated heterocycles. The third-order valence-corrected chi connectivity index (χ3v) is 11.4. The molecule has 3 fully saturated rings. The zero-order valence-electron chi connectivity index (χ0n) is 28.9. The maximum Gasteiger partial charge on any atom is 0.311 e. The second-order valence-corrected chi connectivity index (χ2v) is 14.5. The van der Waals surface area contributed by atoms with Gasteiger partial charge in [0.2, 0.25) is 5.91 Å². The lowest BCUT2D eigenvalue weighted by atomic mass is 9.80. The summed E-state index contributed by atoms with van der Waals surface area (Å²) >= 11 is 0. The van der Waals surface area contributed by atoms with E-state index in [0.29, 0.717) is 12.3 Å². The Kier molecular flexibility index (Phi) is 11.5. The van der Waals surface area contributed by atoms with E-state index >= 15 is 0 Å². The molecule has 4 unspecified atom stereocenters. The van der Waals surface area contributed by atoms with Crippen LogP contribution in [0.1, 0.15) is 66.2 Å². The number of rotatable bonds is 13. The third kappa shape index (κ3) is 7.58. The van der Waals surface area contributed by atoms with Crippen LogP contribution < -0.4 is 33.2 Å². The van der Waals surface area contributed by atoms with Gasteiger partial charge in [-0.3, -0.25) is 14.6 Å². The van der Waals surface area contributed by atoms with E-state index in [1.807, 2.05) is 20.8 Å². The predicted molar refractivity (Wildman–Crippen MR) is 183 cm³/mol. The van der Waals surface area contributed by atoms with Crippen LogP contribution in [0, 0.1) is 23.7 Å².